The molecule has 0 fully saturated rings. The molecule has 3 nitrogen and oxygen atoms in total. The number of amides is 1. The predicted octanol–water partition coefficient (Wildman–Crippen LogP) is 3.82. The molecule has 0 aromatic heterocycles. The van der Waals surface area contributed by atoms with E-state index in [1.165, 1.54) is 5.56 Å². The number of aryl methyl sites for hydroxylation is 1. The van der Waals surface area contributed by atoms with Gasteiger partial charge in [-0.25, -0.2) is 0 Å². The lowest BCUT2D eigenvalue weighted by molar-refractivity contribution is -0.122. The minimum atomic E-state index is -0.962. The molecule has 0 saturated heterocycles. The summed E-state index contributed by atoms with van der Waals surface area (Å²) < 4.78 is 0.891. The van der Waals surface area contributed by atoms with E-state index in [1.54, 1.807) is 6.92 Å². The Kier molecular flexibility index (Phi) is 4.68. The molecule has 1 unspecified atom stereocenters. The van der Waals surface area contributed by atoms with Crippen molar-refractivity contribution in [2.75, 3.05) is 5.32 Å². The maximum Gasteiger partial charge on any atom is 0.247 e. The molecule has 21 heavy (non-hydrogen) atoms. The van der Waals surface area contributed by atoms with Crippen LogP contribution in [0, 0.1) is 0 Å². The first kappa shape index (κ1) is 15.6. The van der Waals surface area contributed by atoms with Gasteiger partial charge in [0.15, 0.2) is 0 Å². The van der Waals surface area contributed by atoms with Gasteiger partial charge in [-0.1, -0.05) is 43.3 Å². The van der Waals surface area contributed by atoms with Crippen LogP contribution in [0.2, 0.25) is 0 Å². The first-order chi connectivity index (χ1) is 9.97. The summed E-state index contributed by atoms with van der Waals surface area (Å²) in [5.74, 6) is -0.414. The highest BCUT2D eigenvalue weighted by Gasteiger charge is 2.33. The molecular formula is C17H19BrN2O. The second kappa shape index (κ2) is 6.31. The van der Waals surface area contributed by atoms with Crippen LogP contribution < -0.4 is 11.1 Å². The molecule has 0 radical (unpaired) electrons. The second-order valence-corrected chi connectivity index (χ2v) is 6.00. The zero-order valence-electron chi connectivity index (χ0n) is 12.2. The lowest BCUT2D eigenvalue weighted by Crippen LogP contribution is -2.45. The Hall–Kier alpha value is -1.81. The molecular weight excluding hydrogens is 328 g/mol. The summed E-state index contributed by atoms with van der Waals surface area (Å²) in [4.78, 5) is 12.0. The highest BCUT2D eigenvalue weighted by molar-refractivity contribution is 9.10. The first-order valence-electron chi connectivity index (χ1n) is 6.89. The molecule has 0 aliphatic carbocycles. The number of hydrogen-bond acceptors (Lipinski definition) is 2. The van der Waals surface area contributed by atoms with Gasteiger partial charge >= 0.3 is 0 Å². The SMILES string of the molecule is CCc1ccc(C(C)(Nc2ccccc2Br)C(N)=O)cc1. The molecule has 0 bridgehead atoms. The van der Waals surface area contributed by atoms with Gasteiger partial charge in [-0.3, -0.25) is 4.79 Å². The van der Waals surface area contributed by atoms with Gasteiger partial charge < -0.3 is 11.1 Å². The van der Waals surface area contributed by atoms with Gasteiger partial charge in [0.25, 0.3) is 0 Å². The number of rotatable bonds is 5. The van der Waals surface area contributed by atoms with Crippen LogP contribution in [0.3, 0.4) is 0 Å². The number of anilines is 1. The van der Waals surface area contributed by atoms with Crippen molar-refractivity contribution < 1.29 is 4.79 Å². The number of nitrogens with one attached hydrogen (secondary N) is 1. The van der Waals surface area contributed by atoms with E-state index in [2.05, 4.69) is 28.2 Å². The molecule has 2 aromatic carbocycles. The van der Waals surface area contributed by atoms with Gasteiger partial charge in [0.1, 0.15) is 5.54 Å². The fourth-order valence-corrected chi connectivity index (χ4v) is 2.57. The lowest BCUT2D eigenvalue weighted by atomic mass is 9.90. The van der Waals surface area contributed by atoms with E-state index in [0.29, 0.717) is 0 Å². The first-order valence-corrected chi connectivity index (χ1v) is 7.68. The van der Waals surface area contributed by atoms with Gasteiger partial charge in [-0.2, -0.15) is 0 Å². The summed E-state index contributed by atoms with van der Waals surface area (Å²) >= 11 is 3.48. The van der Waals surface area contributed by atoms with Gasteiger partial charge in [-0.15, -0.1) is 0 Å². The Morgan fingerprint density at radius 1 is 1.19 bits per heavy atom. The van der Waals surface area contributed by atoms with E-state index in [1.807, 2.05) is 48.5 Å². The fourth-order valence-electron chi connectivity index (χ4n) is 2.18. The number of hydrogen-bond donors (Lipinski definition) is 2. The van der Waals surface area contributed by atoms with Crippen LogP contribution in [-0.4, -0.2) is 5.91 Å². The van der Waals surface area contributed by atoms with Crippen LogP contribution in [0.5, 0.6) is 0 Å². The van der Waals surface area contributed by atoms with Crippen LogP contribution in [0.15, 0.2) is 53.0 Å². The normalized spacial score (nSPS) is 13.5. The standard InChI is InChI=1S/C17H19BrN2O/c1-3-12-8-10-13(11-9-12)17(2,16(19)21)20-15-7-5-4-6-14(15)18/h4-11,20H,3H2,1-2H3,(H2,19,21). The maximum absolute atomic E-state index is 12.0. The van der Waals surface area contributed by atoms with Crippen LogP contribution >= 0.6 is 15.9 Å². The Labute approximate surface area is 133 Å². The van der Waals surface area contributed by atoms with E-state index in [-0.39, 0.29) is 0 Å². The average molecular weight is 347 g/mol. The monoisotopic (exact) mass is 346 g/mol. The zero-order chi connectivity index (χ0) is 15.5. The Bertz CT molecular complexity index is 639. The highest BCUT2D eigenvalue weighted by Crippen LogP contribution is 2.30. The highest BCUT2D eigenvalue weighted by atomic mass is 79.9. The summed E-state index contributed by atoms with van der Waals surface area (Å²) in [5, 5.41) is 3.26. The molecule has 0 aliphatic rings. The summed E-state index contributed by atoms with van der Waals surface area (Å²) in [5.41, 5.74) is 7.60. The zero-order valence-corrected chi connectivity index (χ0v) is 13.8. The number of carbonyl (C=O) groups is 1. The van der Waals surface area contributed by atoms with Crippen molar-refractivity contribution >= 4 is 27.5 Å². The van der Waals surface area contributed by atoms with E-state index in [9.17, 15) is 4.79 Å². The van der Waals surface area contributed by atoms with Gasteiger partial charge in [0.05, 0.1) is 0 Å². The van der Waals surface area contributed by atoms with Crippen LogP contribution in [0.25, 0.3) is 0 Å². The average Bonchev–Trinajstić information content (AvgIpc) is 2.49. The molecule has 0 saturated carbocycles. The lowest BCUT2D eigenvalue weighted by Gasteiger charge is -2.30. The molecule has 4 heteroatoms. The van der Waals surface area contributed by atoms with E-state index in [4.69, 9.17) is 5.73 Å². The largest absolute Gasteiger partial charge is 0.367 e. The van der Waals surface area contributed by atoms with Gasteiger partial charge in [0, 0.05) is 10.2 Å². The Morgan fingerprint density at radius 3 is 2.33 bits per heavy atom. The quantitative estimate of drug-likeness (QED) is 0.864. The van der Waals surface area contributed by atoms with Crippen molar-refractivity contribution in [3.8, 4) is 0 Å². The van der Waals surface area contributed by atoms with Crippen molar-refractivity contribution in [1.29, 1.82) is 0 Å². The van der Waals surface area contributed by atoms with Gasteiger partial charge in [0.2, 0.25) is 5.91 Å². The second-order valence-electron chi connectivity index (χ2n) is 5.14. The third kappa shape index (κ3) is 3.27. The molecule has 110 valence electrons. The molecule has 1 amide bonds. The van der Waals surface area contributed by atoms with Crippen molar-refractivity contribution in [3.63, 3.8) is 0 Å². The number of halogens is 1. The predicted molar refractivity (Wildman–Crippen MR) is 90.1 cm³/mol. The summed E-state index contributed by atoms with van der Waals surface area (Å²) in [6, 6.07) is 15.6. The van der Waals surface area contributed by atoms with Crippen LogP contribution in [0.4, 0.5) is 5.69 Å². The van der Waals surface area contributed by atoms with Crippen molar-refractivity contribution in [2.45, 2.75) is 25.8 Å². The molecule has 0 heterocycles. The maximum atomic E-state index is 12.0. The third-order valence-electron chi connectivity index (χ3n) is 3.69. The molecule has 0 aliphatic heterocycles. The Morgan fingerprint density at radius 2 is 1.81 bits per heavy atom. The van der Waals surface area contributed by atoms with Crippen molar-refractivity contribution in [3.05, 3.63) is 64.1 Å². The number of carbonyl (C=O) groups excluding carboxylic acids is 1. The molecule has 1 atom stereocenters. The van der Waals surface area contributed by atoms with Crippen molar-refractivity contribution in [1.82, 2.24) is 0 Å². The molecule has 0 spiro atoms. The number of nitrogens with two attached hydrogens (primary N) is 1. The third-order valence-corrected chi connectivity index (χ3v) is 4.38. The molecule has 2 aromatic rings. The number of benzene rings is 2. The van der Waals surface area contributed by atoms with Crippen LogP contribution in [0.1, 0.15) is 25.0 Å². The summed E-state index contributed by atoms with van der Waals surface area (Å²) in [6.07, 6.45) is 0.964. The minimum Gasteiger partial charge on any atom is -0.367 e. The molecule has 2 rings (SSSR count). The van der Waals surface area contributed by atoms with E-state index < -0.39 is 11.4 Å². The van der Waals surface area contributed by atoms with E-state index in [0.717, 1.165) is 22.1 Å². The molecule has 3 N–H and O–H groups in total. The summed E-state index contributed by atoms with van der Waals surface area (Å²) in [6.45, 7) is 3.90. The minimum absolute atomic E-state index is 0.414. The number of primary amides is 1. The van der Waals surface area contributed by atoms with Gasteiger partial charge in [-0.05, 0) is 52.5 Å². The number of para-hydroxylation sites is 1. The Balaban J connectivity index is 2.40. The van der Waals surface area contributed by atoms with Crippen LogP contribution in [-0.2, 0) is 16.8 Å². The smallest absolute Gasteiger partial charge is 0.247 e. The summed E-state index contributed by atoms with van der Waals surface area (Å²) in [7, 11) is 0. The van der Waals surface area contributed by atoms with E-state index >= 15 is 0 Å². The fraction of sp³-hybridized carbons (Fsp3) is 0.235. The topological polar surface area (TPSA) is 55.1 Å². The van der Waals surface area contributed by atoms with Crippen molar-refractivity contribution in [2.24, 2.45) is 5.73 Å².